The fraction of sp³-hybridized carbons (Fsp3) is 0.389. The molecule has 0 radical (unpaired) electrons. The summed E-state index contributed by atoms with van der Waals surface area (Å²) in [6.07, 6.45) is 1.92. The first-order valence-electron chi connectivity index (χ1n) is 8.65. The van der Waals surface area contributed by atoms with Gasteiger partial charge in [-0.3, -0.25) is 5.10 Å². The minimum absolute atomic E-state index is 0.0816. The van der Waals surface area contributed by atoms with Crippen molar-refractivity contribution in [1.29, 1.82) is 0 Å². The molecule has 0 spiro atoms. The molecule has 0 aliphatic carbocycles. The Bertz CT molecular complexity index is 839. The number of nitrogens with one attached hydrogen (secondary N) is 2. The molecule has 144 valence electrons. The molecule has 6 nitrogen and oxygen atoms in total. The highest BCUT2D eigenvalue weighted by atomic mass is 19.4. The van der Waals surface area contributed by atoms with Gasteiger partial charge in [0.25, 0.3) is 0 Å². The van der Waals surface area contributed by atoms with Gasteiger partial charge in [-0.1, -0.05) is 12.7 Å². The Hall–Kier alpha value is -2.84. The highest BCUT2D eigenvalue weighted by molar-refractivity contribution is 5.90. The van der Waals surface area contributed by atoms with Crippen molar-refractivity contribution in [1.82, 2.24) is 15.1 Å². The normalized spacial score (nSPS) is 19.0. The molecule has 1 aliphatic heterocycles. The third-order valence-corrected chi connectivity index (χ3v) is 4.21. The molecule has 3 rings (SSSR count). The molecule has 1 unspecified atom stereocenters. The summed E-state index contributed by atoms with van der Waals surface area (Å²) in [5, 5.41) is 11.3. The van der Waals surface area contributed by atoms with E-state index in [1.807, 2.05) is 18.2 Å². The van der Waals surface area contributed by atoms with Crippen LogP contribution in [0.4, 0.5) is 18.9 Å². The summed E-state index contributed by atoms with van der Waals surface area (Å²) in [5.74, 6) is 0.0870. The van der Waals surface area contributed by atoms with Crippen LogP contribution >= 0.6 is 0 Å². The molecule has 1 saturated heterocycles. The fourth-order valence-electron chi connectivity index (χ4n) is 3.05. The molecule has 9 heteroatoms. The lowest BCUT2D eigenvalue weighted by atomic mass is 10.1. The molecule has 0 saturated carbocycles. The molecule has 1 atom stereocenters. The Balaban J connectivity index is 1.70. The number of hydrogen-bond donors (Lipinski definition) is 2. The van der Waals surface area contributed by atoms with Crippen LogP contribution in [0, 0.1) is 0 Å². The first kappa shape index (κ1) is 18.9. The number of anilines is 1. The monoisotopic (exact) mass is 378 g/mol. The smallest absolute Gasteiger partial charge is 0.381 e. The van der Waals surface area contributed by atoms with E-state index in [2.05, 4.69) is 32.1 Å². The summed E-state index contributed by atoms with van der Waals surface area (Å²) in [4.78, 5) is 9.48. The SMILES string of the molecule is C=C/C=N\C(=NCC(F)(F)F)N1CCCC(Nc2ccc3[nH]ncc3c2)C1. The average molecular weight is 378 g/mol. The number of likely N-dealkylation sites (tertiary alicyclic amines) is 1. The number of H-pyrrole nitrogens is 1. The Morgan fingerprint density at radius 2 is 2.30 bits per heavy atom. The average Bonchev–Trinajstić information content (AvgIpc) is 3.09. The number of hydrogen-bond acceptors (Lipinski definition) is 3. The summed E-state index contributed by atoms with van der Waals surface area (Å²) >= 11 is 0. The topological polar surface area (TPSA) is 68.7 Å². The Morgan fingerprint density at radius 1 is 1.44 bits per heavy atom. The fourth-order valence-corrected chi connectivity index (χ4v) is 3.05. The second kappa shape index (κ2) is 8.24. The van der Waals surface area contributed by atoms with Gasteiger partial charge in [-0.05, 0) is 31.0 Å². The zero-order valence-electron chi connectivity index (χ0n) is 14.7. The molecule has 1 fully saturated rings. The minimum atomic E-state index is -4.36. The lowest BCUT2D eigenvalue weighted by Gasteiger charge is -2.34. The highest BCUT2D eigenvalue weighted by Crippen LogP contribution is 2.21. The van der Waals surface area contributed by atoms with Gasteiger partial charge in [0.1, 0.15) is 6.54 Å². The number of benzene rings is 1. The van der Waals surface area contributed by atoms with E-state index in [1.54, 1.807) is 11.1 Å². The molecular weight excluding hydrogens is 357 g/mol. The zero-order valence-corrected chi connectivity index (χ0v) is 14.7. The third kappa shape index (κ3) is 5.32. The summed E-state index contributed by atoms with van der Waals surface area (Å²) < 4.78 is 37.7. The van der Waals surface area contributed by atoms with Crippen LogP contribution in [0.25, 0.3) is 10.9 Å². The quantitative estimate of drug-likeness (QED) is 0.631. The van der Waals surface area contributed by atoms with E-state index in [4.69, 9.17) is 0 Å². The molecule has 27 heavy (non-hydrogen) atoms. The molecule has 0 bridgehead atoms. The van der Waals surface area contributed by atoms with Gasteiger partial charge in [-0.2, -0.15) is 18.3 Å². The summed E-state index contributed by atoms with van der Waals surface area (Å²) in [5.41, 5.74) is 1.89. The van der Waals surface area contributed by atoms with E-state index in [9.17, 15) is 13.2 Å². The van der Waals surface area contributed by atoms with Gasteiger partial charge in [0, 0.05) is 36.4 Å². The van der Waals surface area contributed by atoms with Crippen molar-refractivity contribution in [3.63, 3.8) is 0 Å². The standard InChI is InChI=1S/C18H21F3N6/c1-2-7-22-17(23-12-18(19,20)21)27-8-3-4-15(11-27)25-14-5-6-16-13(9-14)10-24-26-16/h2,5-7,9-10,15,25H,1,3-4,8,11-12H2,(H,24,26)/b22-7-,23-17?. The number of nitrogens with zero attached hydrogens (tertiary/aromatic N) is 4. The van der Waals surface area contributed by atoms with Crippen molar-refractivity contribution in [2.45, 2.75) is 25.1 Å². The molecule has 0 amide bonds. The van der Waals surface area contributed by atoms with Crippen molar-refractivity contribution in [2.75, 3.05) is 25.0 Å². The number of rotatable bonds is 4. The molecule has 2 N–H and O–H groups in total. The third-order valence-electron chi connectivity index (χ3n) is 4.21. The van der Waals surface area contributed by atoms with Crippen molar-refractivity contribution in [2.24, 2.45) is 9.98 Å². The van der Waals surface area contributed by atoms with Crippen LogP contribution in [-0.4, -0.2) is 59.1 Å². The van der Waals surface area contributed by atoms with Gasteiger partial charge in [0.15, 0.2) is 0 Å². The number of allylic oxidation sites excluding steroid dienone is 1. The van der Waals surface area contributed by atoms with Crippen molar-refractivity contribution < 1.29 is 13.2 Å². The lowest BCUT2D eigenvalue weighted by molar-refractivity contribution is -0.118. The zero-order chi connectivity index (χ0) is 19.3. The maximum absolute atomic E-state index is 12.6. The van der Waals surface area contributed by atoms with E-state index in [0.29, 0.717) is 13.1 Å². The number of piperidine rings is 1. The number of fused-ring (bicyclic) bond motifs is 1. The van der Waals surface area contributed by atoms with Crippen molar-refractivity contribution in [3.05, 3.63) is 37.1 Å². The van der Waals surface area contributed by atoms with E-state index in [1.165, 1.54) is 12.3 Å². The predicted molar refractivity (Wildman–Crippen MR) is 101 cm³/mol. The van der Waals surface area contributed by atoms with E-state index in [-0.39, 0.29) is 12.0 Å². The molecule has 2 heterocycles. The van der Waals surface area contributed by atoms with Crippen LogP contribution in [0.3, 0.4) is 0 Å². The maximum Gasteiger partial charge on any atom is 0.408 e. The minimum Gasteiger partial charge on any atom is -0.381 e. The molecule has 2 aromatic rings. The van der Waals surface area contributed by atoms with E-state index in [0.717, 1.165) is 29.4 Å². The molecule has 1 aliphatic rings. The highest BCUT2D eigenvalue weighted by Gasteiger charge is 2.28. The first-order chi connectivity index (χ1) is 12.9. The number of aromatic nitrogens is 2. The number of guanidine groups is 1. The van der Waals surface area contributed by atoms with Crippen LogP contribution in [0.1, 0.15) is 12.8 Å². The number of alkyl halides is 3. The van der Waals surface area contributed by atoms with Gasteiger partial charge in [0.2, 0.25) is 5.96 Å². The van der Waals surface area contributed by atoms with Gasteiger partial charge in [-0.15, -0.1) is 0 Å². The Morgan fingerprint density at radius 3 is 3.07 bits per heavy atom. The number of halogens is 3. The molecule has 1 aromatic heterocycles. The van der Waals surface area contributed by atoms with Gasteiger partial charge in [0.05, 0.1) is 11.7 Å². The van der Waals surface area contributed by atoms with Gasteiger partial charge >= 0.3 is 6.18 Å². The van der Waals surface area contributed by atoms with Gasteiger partial charge < -0.3 is 10.2 Å². The van der Waals surface area contributed by atoms with Crippen molar-refractivity contribution >= 4 is 28.8 Å². The first-order valence-corrected chi connectivity index (χ1v) is 8.65. The largest absolute Gasteiger partial charge is 0.408 e. The van der Waals surface area contributed by atoms with E-state index < -0.39 is 12.7 Å². The van der Waals surface area contributed by atoms with Crippen LogP contribution < -0.4 is 5.32 Å². The van der Waals surface area contributed by atoms with Crippen LogP contribution in [-0.2, 0) is 0 Å². The summed E-state index contributed by atoms with van der Waals surface area (Å²) in [6.45, 7) is 3.40. The molecule has 1 aromatic carbocycles. The second-order valence-corrected chi connectivity index (χ2v) is 6.35. The van der Waals surface area contributed by atoms with Gasteiger partial charge in [-0.25, -0.2) is 9.98 Å². The summed E-state index contributed by atoms with van der Waals surface area (Å²) in [7, 11) is 0. The Kier molecular flexibility index (Phi) is 5.78. The lowest BCUT2D eigenvalue weighted by Crippen LogP contribution is -2.45. The second-order valence-electron chi connectivity index (χ2n) is 6.35. The number of aliphatic imine (C=N–C) groups is 2. The van der Waals surface area contributed by atoms with Crippen LogP contribution in [0.15, 0.2) is 47.0 Å². The van der Waals surface area contributed by atoms with Crippen LogP contribution in [0.5, 0.6) is 0 Å². The van der Waals surface area contributed by atoms with E-state index >= 15 is 0 Å². The van der Waals surface area contributed by atoms with Crippen LogP contribution in [0.2, 0.25) is 0 Å². The maximum atomic E-state index is 12.6. The number of aromatic amines is 1. The molecular formula is C18H21F3N6. The predicted octanol–water partition coefficient (Wildman–Crippen LogP) is 3.61. The Labute approximate surface area is 154 Å². The summed E-state index contributed by atoms with van der Waals surface area (Å²) in [6, 6.07) is 5.97. The van der Waals surface area contributed by atoms with Crippen molar-refractivity contribution in [3.8, 4) is 0 Å².